The molecule has 0 fully saturated rings. The highest BCUT2D eigenvalue weighted by Gasteiger charge is 2.33. The summed E-state index contributed by atoms with van der Waals surface area (Å²) in [5, 5.41) is 4.24. The molecule has 1 N–H and O–H groups in total. The molecule has 4 heterocycles. The summed E-state index contributed by atoms with van der Waals surface area (Å²) in [4.78, 5) is 13.4. The van der Waals surface area contributed by atoms with Gasteiger partial charge in [-0.15, -0.1) is 0 Å². The average Bonchev–Trinajstić information content (AvgIpc) is 2.77. The number of nitrogens with one attached hydrogen (secondary N) is 1. The third kappa shape index (κ3) is 3.49. The Morgan fingerprint density at radius 1 is 1.12 bits per heavy atom. The second kappa shape index (κ2) is 7.61. The topological polar surface area (TPSA) is 69.2 Å². The van der Waals surface area contributed by atoms with Gasteiger partial charge in [0.15, 0.2) is 17.1 Å². The monoisotopic (exact) mass is 458 g/mol. The maximum Gasteiger partial charge on any atom is 0.416 e. The summed E-state index contributed by atoms with van der Waals surface area (Å²) in [6.45, 7) is 0.0739. The van der Waals surface area contributed by atoms with Gasteiger partial charge in [0.2, 0.25) is 0 Å². The Balaban J connectivity index is 1.66. The Labute approximate surface area is 185 Å². The molecule has 4 aromatic rings. The molecule has 0 saturated heterocycles. The summed E-state index contributed by atoms with van der Waals surface area (Å²) in [6.07, 6.45) is -2.87. The third-order valence-electron chi connectivity index (χ3n) is 4.94. The highest BCUT2D eigenvalue weighted by Crippen LogP contribution is 2.48. The second-order valence-electron chi connectivity index (χ2n) is 7.03. The molecule has 0 atom stereocenters. The van der Waals surface area contributed by atoms with Crippen LogP contribution in [-0.4, -0.2) is 22.1 Å². The van der Waals surface area contributed by atoms with Crippen molar-refractivity contribution in [3.05, 3.63) is 64.9 Å². The minimum atomic E-state index is -4.48. The van der Waals surface area contributed by atoms with E-state index in [2.05, 4.69) is 20.3 Å². The number of hydrogen-bond donors (Lipinski definition) is 1. The van der Waals surface area contributed by atoms with Gasteiger partial charge in [-0.2, -0.15) is 13.2 Å². The van der Waals surface area contributed by atoms with Crippen LogP contribution >= 0.6 is 11.6 Å². The minimum absolute atomic E-state index is 0.0516. The number of ether oxygens (including phenoxy) is 2. The molecule has 1 aliphatic heterocycles. The van der Waals surface area contributed by atoms with E-state index in [9.17, 15) is 13.2 Å². The summed E-state index contributed by atoms with van der Waals surface area (Å²) in [6, 6.07) is 10.3. The van der Waals surface area contributed by atoms with Crippen molar-refractivity contribution in [2.24, 2.45) is 0 Å². The summed E-state index contributed by atoms with van der Waals surface area (Å²) in [7, 11) is 1.49. The highest BCUT2D eigenvalue weighted by molar-refractivity contribution is 6.32. The highest BCUT2D eigenvalue weighted by atomic mass is 35.5. The molecule has 0 radical (unpaired) electrons. The predicted octanol–water partition coefficient (Wildman–Crippen LogP) is 6.36. The van der Waals surface area contributed by atoms with Gasteiger partial charge in [-0.3, -0.25) is 4.98 Å². The van der Waals surface area contributed by atoms with Crippen molar-refractivity contribution in [3.63, 3.8) is 0 Å². The summed E-state index contributed by atoms with van der Waals surface area (Å²) in [5.41, 5.74) is 1.97. The molecular formula is C22H14ClF3N4O2. The standard InChI is InChI=1S/C22H14ClF3N4O2/c1-31-10-16-20-18(28-14-6-4-11(22(24,25)26)9-17(14)32-20)12-5-7-15(29-21(12)30-16)19-13(23)3-2-8-27-19/h2-9,28H,10H2,1H3. The van der Waals surface area contributed by atoms with Crippen LogP contribution in [0.4, 0.5) is 24.5 Å². The Morgan fingerprint density at radius 2 is 1.97 bits per heavy atom. The number of aromatic nitrogens is 3. The van der Waals surface area contributed by atoms with Crippen molar-refractivity contribution >= 4 is 34.0 Å². The van der Waals surface area contributed by atoms with Crippen molar-refractivity contribution in [2.75, 3.05) is 12.4 Å². The summed E-state index contributed by atoms with van der Waals surface area (Å²) >= 11 is 6.25. The first-order valence-electron chi connectivity index (χ1n) is 9.44. The number of fused-ring (bicyclic) bond motifs is 4. The number of benzene rings is 1. The molecule has 3 aromatic heterocycles. The molecule has 0 unspecified atom stereocenters. The lowest BCUT2D eigenvalue weighted by Crippen LogP contribution is -2.11. The molecule has 0 saturated carbocycles. The van der Waals surface area contributed by atoms with Crippen LogP contribution < -0.4 is 10.1 Å². The van der Waals surface area contributed by atoms with Gasteiger partial charge in [0, 0.05) is 18.7 Å². The van der Waals surface area contributed by atoms with Crippen LogP contribution in [0.25, 0.3) is 22.4 Å². The number of pyridine rings is 3. The second-order valence-corrected chi connectivity index (χ2v) is 7.44. The van der Waals surface area contributed by atoms with E-state index < -0.39 is 11.7 Å². The molecule has 5 rings (SSSR count). The zero-order chi connectivity index (χ0) is 22.5. The van der Waals surface area contributed by atoms with Crippen molar-refractivity contribution < 1.29 is 22.6 Å². The fourth-order valence-electron chi connectivity index (χ4n) is 3.48. The number of anilines is 2. The first-order chi connectivity index (χ1) is 15.3. The number of rotatable bonds is 3. The van der Waals surface area contributed by atoms with Gasteiger partial charge in [0.1, 0.15) is 11.4 Å². The van der Waals surface area contributed by atoms with E-state index in [1.807, 2.05) is 0 Å². The van der Waals surface area contributed by atoms with Crippen molar-refractivity contribution in [2.45, 2.75) is 12.8 Å². The SMILES string of the molecule is COCc1nc2nc(-c3ncccc3Cl)ccc2c2c1Oc1cc(C(F)(F)F)ccc1N2. The normalized spacial score (nSPS) is 12.7. The van der Waals surface area contributed by atoms with Crippen molar-refractivity contribution in [3.8, 4) is 22.9 Å². The lowest BCUT2D eigenvalue weighted by Gasteiger charge is -2.25. The van der Waals surface area contributed by atoms with E-state index in [0.29, 0.717) is 44.5 Å². The maximum absolute atomic E-state index is 13.1. The van der Waals surface area contributed by atoms with Crippen LogP contribution in [0.1, 0.15) is 11.3 Å². The Bertz CT molecular complexity index is 1360. The van der Waals surface area contributed by atoms with Gasteiger partial charge >= 0.3 is 6.18 Å². The van der Waals surface area contributed by atoms with E-state index in [0.717, 1.165) is 12.1 Å². The zero-order valence-corrected chi connectivity index (χ0v) is 17.3. The lowest BCUT2D eigenvalue weighted by atomic mass is 10.1. The molecule has 10 heteroatoms. The largest absolute Gasteiger partial charge is 0.451 e. The van der Waals surface area contributed by atoms with Crippen LogP contribution in [-0.2, 0) is 17.5 Å². The molecule has 1 aromatic carbocycles. The van der Waals surface area contributed by atoms with Gasteiger partial charge < -0.3 is 14.8 Å². The number of nitrogens with zero attached hydrogens (tertiary/aromatic N) is 3. The van der Waals surface area contributed by atoms with Crippen LogP contribution in [0.3, 0.4) is 0 Å². The zero-order valence-electron chi connectivity index (χ0n) is 16.5. The van der Waals surface area contributed by atoms with E-state index in [-0.39, 0.29) is 18.1 Å². The fourth-order valence-corrected chi connectivity index (χ4v) is 3.70. The molecular weight excluding hydrogens is 445 g/mol. The van der Waals surface area contributed by atoms with Crippen LogP contribution in [0.15, 0.2) is 48.7 Å². The minimum Gasteiger partial charge on any atom is -0.451 e. The Kier molecular flexibility index (Phi) is 4.87. The quantitative estimate of drug-likeness (QED) is 0.339. The first-order valence-corrected chi connectivity index (χ1v) is 9.82. The van der Waals surface area contributed by atoms with E-state index >= 15 is 0 Å². The molecule has 0 bridgehead atoms. The van der Waals surface area contributed by atoms with Gasteiger partial charge in [-0.1, -0.05) is 11.6 Å². The lowest BCUT2D eigenvalue weighted by molar-refractivity contribution is -0.137. The molecule has 6 nitrogen and oxygen atoms in total. The van der Waals surface area contributed by atoms with Crippen molar-refractivity contribution in [1.82, 2.24) is 15.0 Å². The maximum atomic E-state index is 13.1. The van der Waals surface area contributed by atoms with E-state index in [1.165, 1.54) is 13.2 Å². The van der Waals surface area contributed by atoms with Crippen LogP contribution in [0.5, 0.6) is 11.5 Å². The Morgan fingerprint density at radius 3 is 2.72 bits per heavy atom. The summed E-state index contributed by atoms with van der Waals surface area (Å²) < 4.78 is 50.5. The fraction of sp³-hybridized carbons (Fsp3) is 0.136. The van der Waals surface area contributed by atoms with Gasteiger partial charge in [-0.25, -0.2) is 9.97 Å². The molecule has 162 valence electrons. The third-order valence-corrected chi connectivity index (χ3v) is 5.24. The number of hydrogen-bond acceptors (Lipinski definition) is 6. The van der Waals surface area contributed by atoms with Gasteiger partial charge in [0.05, 0.1) is 34.3 Å². The smallest absolute Gasteiger partial charge is 0.416 e. The number of halogens is 4. The van der Waals surface area contributed by atoms with Gasteiger partial charge in [0.25, 0.3) is 0 Å². The van der Waals surface area contributed by atoms with Crippen molar-refractivity contribution in [1.29, 1.82) is 0 Å². The predicted molar refractivity (Wildman–Crippen MR) is 113 cm³/mol. The van der Waals surface area contributed by atoms with Gasteiger partial charge in [-0.05, 0) is 42.5 Å². The molecule has 0 amide bonds. The Hall–Kier alpha value is -3.43. The van der Waals surface area contributed by atoms with E-state index in [1.54, 1.807) is 30.5 Å². The molecule has 0 spiro atoms. The average molecular weight is 459 g/mol. The molecule has 1 aliphatic rings. The van der Waals surface area contributed by atoms with E-state index in [4.69, 9.17) is 21.1 Å². The molecule has 32 heavy (non-hydrogen) atoms. The molecule has 0 aliphatic carbocycles. The summed E-state index contributed by atoms with van der Waals surface area (Å²) in [5.74, 6) is 0.340. The number of methoxy groups -OCH3 is 1. The first kappa shape index (κ1) is 20.5. The number of alkyl halides is 3. The van der Waals surface area contributed by atoms with Crippen LogP contribution in [0, 0.1) is 0 Å². The van der Waals surface area contributed by atoms with Crippen LogP contribution in [0.2, 0.25) is 5.02 Å².